The summed E-state index contributed by atoms with van der Waals surface area (Å²) in [7, 11) is 2.21. The molecule has 0 radical (unpaired) electrons. The number of hydrogen-bond acceptors (Lipinski definition) is 3. The summed E-state index contributed by atoms with van der Waals surface area (Å²) in [6.45, 7) is 19.3. The number of aliphatic imine (C=N–C) groups is 1. The third-order valence-corrected chi connectivity index (χ3v) is 5.03. The average molecular weight is 451 g/mol. The lowest BCUT2D eigenvalue weighted by atomic mass is 9.93. The predicted octanol–water partition coefficient (Wildman–Crippen LogP) is 2.19. The Labute approximate surface area is 166 Å². The number of rotatable bonds is 5. The van der Waals surface area contributed by atoms with Crippen molar-refractivity contribution in [3.63, 3.8) is 0 Å². The molecule has 0 spiro atoms. The molecule has 2 heterocycles. The maximum Gasteiger partial charge on any atom is 0.193 e. The van der Waals surface area contributed by atoms with Crippen molar-refractivity contribution in [2.24, 2.45) is 16.3 Å². The molecule has 6 heteroatoms. The minimum absolute atomic E-state index is 0. The molecular weight excluding hydrogens is 413 g/mol. The topological polar surface area (TPSA) is 34.1 Å². The number of nitrogens with one attached hydrogen (secondary N) is 1. The van der Waals surface area contributed by atoms with Gasteiger partial charge in [0.1, 0.15) is 0 Å². The minimum Gasteiger partial charge on any atom is -0.357 e. The van der Waals surface area contributed by atoms with Gasteiger partial charge in [-0.2, -0.15) is 0 Å². The van der Waals surface area contributed by atoms with E-state index in [2.05, 4.69) is 54.8 Å². The van der Waals surface area contributed by atoms with Gasteiger partial charge in [0.2, 0.25) is 0 Å². The van der Waals surface area contributed by atoms with Crippen LogP contribution in [-0.2, 0) is 0 Å². The Morgan fingerprint density at radius 1 is 1.17 bits per heavy atom. The Bertz CT molecular complexity index is 391. The highest BCUT2D eigenvalue weighted by molar-refractivity contribution is 14.0. The van der Waals surface area contributed by atoms with Crippen LogP contribution in [0.4, 0.5) is 0 Å². The summed E-state index contributed by atoms with van der Waals surface area (Å²) in [6, 6.07) is 0. The SMILES string of the molecule is CCNC(=NCC(C)CN1CCN(C)CC1)N1CCC(C)(C)C1.I. The highest BCUT2D eigenvalue weighted by Gasteiger charge is 2.30. The monoisotopic (exact) mass is 451 g/mol. The second kappa shape index (κ2) is 10.2. The first-order valence-electron chi connectivity index (χ1n) is 9.34. The normalized spacial score (nSPS) is 23.9. The van der Waals surface area contributed by atoms with E-state index < -0.39 is 0 Å². The molecule has 0 aromatic heterocycles. The van der Waals surface area contributed by atoms with Crippen molar-refractivity contribution >= 4 is 29.9 Å². The molecule has 0 aromatic rings. The van der Waals surface area contributed by atoms with Gasteiger partial charge in [0.25, 0.3) is 0 Å². The number of likely N-dealkylation sites (tertiary alicyclic amines) is 1. The molecule has 5 nitrogen and oxygen atoms in total. The first-order chi connectivity index (χ1) is 10.9. The Kier molecular flexibility index (Phi) is 9.30. The molecule has 1 atom stereocenters. The first kappa shape index (κ1) is 22.0. The standard InChI is InChI=1S/C18H37N5.HI/c1-6-19-17(23-8-7-18(3,4)15-23)20-13-16(2)14-22-11-9-21(5)10-12-22;/h16H,6-15H2,1-5H3,(H,19,20);1H. The summed E-state index contributed by atoms with van der Waals surface area (Å²) < 4.78 is 0. The number of hydrogen-bond donors (Lipinski definition) is 1. The van der Waals surface area contributed by atoms with E-state index in [1.165, 1.54) is 39.1 Å². The van der Waals surface area contributed by atoms with E-state index in [4.69, 9.17) is 4.99 Å². The molecule has 2 aliphatic rings. The molecule has 0 bridgehead atoms. The Balaban J connectivity index is 0.00000288. The molecule has 0 amide bonds. The van der Waals surface area contributed by atoms with Gasteiger partial charge in [-0.05, 0) is 31.7 Å². The average Bonchev–Trinajstić information content (AvgIpc) is 2.86. The van der Waals surface area contributed by atoms with Gasteiger partial charge < -0.3 is 20.0 Å². The van der Waals surface area contributed by atoms with Crippen molar-refractivity contribution < 1.29 is 0 Å². The molecule has 0 aliphatic carbocycles. The van der Waals surface area contributed by atoms with Gasteiger partial charge in [0.15, 0.2) is 5.96 Å². The Morgan fingerprint density at radius 2 is 1.83 bits per heavy atom. The quantitative estimate of drug-likeness (QED) is 0.395. The molecular formula is C18H38IN5. The molecule has 142 valence electrons. The molecule has 2 rings (SSSR count). The third kappa shape index (κ3) is 7.04. The molecule has 2 fully saturated rings. The fourth-order valence-electron chi connectivity index (χ4n) is 3.49. The number of halogens is 1. The van der Waals surface area contributed by atoms with Crippen molar-refractivity contribution in [1.82, 2.24) is 20.0 Å². The van der Waals surface area contributed by atoms with Crippen molar-refractivity contribution in [3.05, 3.63) is 0 Å². The zero-order valence-electron chi connectivity index (χ0n) is 16.3. The third-order valence-electron chi connectivity index (χ3n) is 5.03. The van der Waals surface area contributed by atoms with E-state index in [1.807, 2.05) is 0 Å². The van der Waals surface area contributed by atoms with E-state index >= 15 is 0 Å². The van der Waals surface area contributed by atoms with Crippen LogP contribution in [0.5, 0.6) is 0 Å². The predicted molar refractivity (Wildman–Crippen MR) is 114 cm³/mol. The van der Waals surface area contributed by atoms with Gasteiger partial charge in [-0.25, -0.2) is 0 Å². The molecule has 0 aromatic carbocycles. The Morgan fingerprint density at radius 3 is 2.38 bits per heavy atom. The van der Waals surface area contributed by atoms with Crippen LogP contribution in [0.1, 0.15) is 34.1 Å². The van der Waals surface area contributed by atoms with E-state index in [0.29, 0.717) is 11.3 Å². The van der Waals surface area contributed by atoms with Crippen LogP contribution in [0.25, 0.3) is 0 Å². The smallest absolute Gasteiger partial charge is 0.193 e. The zero-order valence-corrected chi connectivity index (χ0v) is 18.7. The highest BCUT2D eigenvalue weighted by atomic mass is 127. The van der Waals surface area contributed by atoms with Crippen LogP contribution >= 0.6 is 24.0 Å². The number of piperazine rings is 1. The summed E-state index contributed by atoms with van der Waals surface area (Å²) in [5.41, 5.74) is 0.418. The van der Waals surface area contributed by atoms with Crippen LogP contribution in [-0.4, -0.2) is 86.6 Å². The van der Waals surface area contributed by atoms with Gasteiger partial charge in [-0.15, -0.1) is 24.0 Å². The van der Waals surface area contributed by atoms with E-state index in [9.17, 15) is 0 Å². The molecule has 24 heavy (non-hydrogen) atoms. The van der Waals surface area contributed by atoms with Crippen molar-refractivity contribution in [1.29, 1.82) is 0 Å². The van der Waals surface area contributed by atoms with Gasteiger partial charge in [0.05, 0.1) is 0 Å². The lowest BCUT2D eigenvalue weighted by molar-refractivity contribution is 0.140. The van der Waals surface area contributed by atoms with Crippen molar-refractivity contribution in [3.8, 4) is 0 Å². The summed E-state index contributed by atoms with van der Waals surface area (Å²) in [6.07, 6.45) is 1.26. The lowest BCUT2D eigenvalue weighted by Gasteiger charge is -2.33. The fourth-order valence-corrected chi connectivity index (χ4v) is 3.49. The number of nitrogens with zero attached hydrogens (tertiary/aromatic N) is 4. The number of likely N-dealkylation sites (N-methyl/N-ethyl adjacent to an activating group) is 1. The van der Waals surface area contributed by atoms with E-state index in [1.54, 1.807) is 0 Å². The summed E-state index contributed by atoms with van der Waals surface area (Å²) in [5.74, 6) is 1.73. The van der Waals surface area contributed by atoms with Gasteiger partial charge in [0, 0.05) is 58.9 Å². The van der Waals surface area contributed by atoms with Crippen LogP contribution < -0.4 is 5.32 Å². The van der Waals surface area contributed by atoms with Crippen molar-refractivity contribution in [2.75, 3.05) is 66.0 Å². The number of guanidine groups is 1. The summed E-state index contributed by atoms with van der Waals surface area (Å²) in [5, 5.41) is 3.48. The summed E-state index contributed by atoms with van der Waals surface area (Å²) >= 11 is 0. The van der Waals surface area contributed by atoms with Gasteiger partial charge in [-0.1, -0.05) is 20.8 Å². The van der Waals surface area contributed by atoms with Crippen LogP contribution in [0.3, 0.4) is 0 Å². The van der Waals surface area contributed by atoms with Crippen molar-refractivity contribution in [2.45, 2.75) is 34.1 Å². The summed E-state index contributed by atoms with van der Waals surface area (Å²) in [4.78, 5) is 12.4. The van der Waals surface area contributed by atoms with Crippen LogP contribution in [0.2, 0.25) is 0 Å². The highest BCUT2D eigenvalue weighted by Crippen LogP contribution is 2.28. The van der Waals surface area contributed by atoms with Crippen LogP contribution in [0, 0.1) is 11.3 Å². The largest absolute Gasteiger partial charge is 0.357 e. The van der Waals surface area contributed by atoms with E-state index in [-0.39, 0.29) is 24.0 Å². The fraction of sp³-hybridized carbons (Fsp3) is 0.944. The maximum atomic E-state index is 4.94. The van der Waals surface area contributed by atoms with Gasteiger partial charge >= 0.3 is 0 Å². The van der Waals surface area contributed by atoms with E-state index in [0.717, 1.165) is 32.1 Å². The second-order valence-corrected chi connectivity index (χ2v) is 8.24. The maximum absolute atomic E-state index is 4.94. The van der Waals surface area contributed by atoms with Crippen LogP contribution in [0.15, 0.2) is 4.99 Å². The lowest BCUT2D eigenvalue weighted by Crippen LogP contribution is -2.46. The zero-order chi connectivity index (χ0) is 16.9. The molecule has 1 unspecified atom stereocenters. The molecule has 0 saturated carbocycles. The molecule has 2 saturated heterocycles. The second-order valence-electron chi connectivity index (χ2n) is 8.24. The Hall–Kier alpha value is -0.0800. The molecule has 2 aliphatic heterocycles. The van der Waals surface area contributed by atoms with Gasteiger partial charge in [-0.3, -0.25) is 4.99 Å². The minimum atomic E-state index is 0. The first-order valence-corrected chi connectivity index (χ1v) is 9.34. The molecule has 1 N–H and O–H groups in total.